The number of carbonyl (C=O) groups excluding carboxylic acids is 3. The van der Waals surface area contributed by atoms with Crippen molar-refractivity contribution in [3.05, 3.63) is 85.5 Å². The molecule has 9 heteroatoms. The molecule has 3 saturated heterocycles. The monoisotopic (exact) mass is 615 g/mol. The first-order chi connectivity index (χ1) is 21.7. The van der Waals surface area contributed by atoms with Crippen molar-refractivity contribution in [1.82, 2.24) is 4.90 Å². The first kappa shape index (κ1) is 32.4. The summed E-state index contributed by atoms with van der Waals surface area (Å²) in [6, 6.07) is 15.0. The summed E-state index contributed by atoms with van der Waals surface area (Å²) in [5.41, 5.74) is 0.147. The zero-order chi connectivity index (χ0) is 32.4. The minimum atomic E-state index is -1.27. The fourth-order valence-corrected chi connectivity index (χ4v) is 7.73. The van der Waals surface area contributed by atoms with Crippen LogP contribution < -0.4 is 9.80 Å². The maximum absolute atomic E-state index is 15.0. The first-order valence-corrected chi connectivity index (χ1v) is 15.9. The summed E-state index contributed by atoms with van der Waals surface area (Å²) >= 11 is 0. The van der Waals surface area contributed by atoms with Gasteiger partial charge in [-0.3, -0.25) is 14.4 Å². The number of benzene rings is 2. The van der Waals surface area contributed by atoms with Crippen molar-refractivity contribution >= 4 is 29.2 Å². The average Bonchev–Trinajstić information content (AvgIpc) is 3.62. The zero-order valence-corrected chi connectivity index (χ0v) is 26.6. The molecule has 2 aromatic rings. The zero-order valence-electron chi connectivity index (χ0n) is 26.6. The number of hydrogen-bond acceptors (Lipinski definition) is 7. The Bertz CT molecular complexity index is 1410. The van der Waals surface area contributed by atoms with Crippen molar-refractivity contribution in [2.75, 3.05) is 42.6 Å². The fraction of sp³-hybridized carbons (Fsp3) is 0.472. The molecule has 0 radical (unpaired) electrons. The number of ether oxygens (including phenoxy) is 2. The van der Waals surface area contributed by atoms with Crippen molar-refractivity contribution in [1.29, 1.82) is 0 Å². The maximum Gasteiger partial charge on any atom is 0.312 e. The second-order valence-electron chi connectivity index (χ2n) is 12.3. The number of rotatable bonds is 14. The van der Waals surface area contributed by atoms with Crippen LogP contribution in [0.4, 0.5) is 11.4 Å². The van der Waals surface area contributed by atoms with Crippen LogP contribution in [-0.4, -0.2) is 77.9 Å². The van der Waals surface area contributed by atoms with Crippen LogP contribution in [0.5, 0.6) is 0 Å². The Morgan fingerprint density at radius 1 is 1.07 bits per heavy atom. The Balaban J connectivity index is 1.61. The minimum absolute atomic E-state index is 0.148. The lowest BCUT2D eigenvalue weighted by molar-refractivity contribution is -0.160. The number of esters is 1. The van der Waals surface area contributed by atoms with Gasteiger partial charge in [0, 0.05) is 31.0 Å². The number of carbonyl (C=O) groups is 3. The Morgan fingerprint density at radius 2 is 1.73 bits per heavy atom. The topological polar surface area (TPSA) is 99.6 Å². The van der Waals surface area contributed by atoms with E-state index in [-0.39, 0.29) is 25.0 Å². The molecule has 9 nitrogen and oxygen atoms in total. The van der Waals surface area contributed by atoms with E-state index in [1.165, 1.54) is 4.90 Å². The van der Waals surface area contributed by atoms with Gasteiger partial charge in [-0.1, -0.05) is 42.5 Å². The highest BCUT2D eigenvalue weighted by Gasteiger charge is 2.79. The van der Waals surface area contributed by atoms with Crippen LogP contribution in [0, 0.1) is 11.8 Å². The molecule has 3 heterocycles. The summed E-state index contributed by atoms with van der Waals surface area (Å²) in [5, 5.41) is 10.8. The van der Waals surface area contributed by atoms with Gasteiger partial charge in [0.1, 0.15) is 17.6 Å². The van der Waals surface area contributed by atoms with Crippen molar-refractivity contribution in [2.45, 2.75) is 63.3 Å². The SMILES string of the molecule is C=CCCOC(=O)[C@H]1[C@H]2C(=O)N([C@H](CO)c3ccccc3)C(C(=O)N(CC=C)c3ccc(N(CC)CC)cc3)C23CC[C@]1(C)O3. The quantitative estimate of drug-likeness (QED) is 0.187. The van der Waals surface area contributed by atoms with Gasteiger partial charge in [-0.2, -0.15) is 0 Å². The smallest absolute Gasteiger partial charge is 0.312 e. The van der Waals surface area contributed by atoms with E-state index in [9.17, 15) is 19.5 Å². The molecule has 3 aliphatic heterocycles. The van der Waals surface area contributed by atoms with E-state index < -0.39 is 47.7 Å². The van der Waals surface area contributed by atoms with Gasteiger partial charge in [-0.25, -0.2) is 0 Å². The van der Waals surface area contributed by atoms with Crippen LogP contribution in [0.3, 0.4) is 0 Å². The highest BCUT2D eigenvalue weighted by molar-refractivity contribution is 6.05. The molecular formula is C36H45N3O6. The summed E-state index contributed by atoms with van der Waals surface area (Å²) in [5.74, 6) is -3.07. The van der Waals surface area contributed by atoms with Crippen LogP contribution >= 0.6 is 0 Å². The van der Waals surface area contributed by atoms with Gasteiger partial charge in [0.05, 0.1) is 30.8 Å². The standard InChI is InChI=1S/C36H45N3O6/c1-6-10-23-44-34(43)30-29-32(41)39(28(24-40)25-14-12-11-13-15-25)31(36(29)21-20-35(30,5)45-36)33(42)38(22-7-2)27-18-16-26(17-19-27)37(8-3)9-4/h6-7,11-19,28-31,40H,1-2,8-10,20-24H2,3-5H3/t28-,29+,30-,31?,35+,36?/m1/s1. The number of aliphatic hydroxyl groups is 1. The van der Waals surface area contributed by atoms with E-state index in [1.807, 2.05) is 61.5 Å². The Kier molecular flexibility index (Phi) is 9.51. The molecule has 1 N–H and O–H groups in total. The van der Waals surface area contributed by atoms with Crippen molar-refractivity contribution in [3.63, 3.8) is 0 Å². The Labute approximate surface area is 266 Å². The summed E-state index contributed by atoms with van der Waals surface area (Å²) in [6.45, 7) is 15.3. The minimum Gasteiger partial charge on any atom is -0.465 e. The second kappa shape index (κ2) is 13.2. The molecule has 0 saturated carbocycles. The van der Waals surface area contributed by atoms with E-state index in [0.717, 1.165) is 18.8 Å². The lowest BCUT2D eigenvalue weighted by Crippen LogP contribution is -2.57. The van der Waals surface area contributed by atoms with Gasteiger partial charge in [-0.05, 0) is 69.9 Å². The van der Waals surface area contributed by atoms with Gasteiger partial charge in [0.2, 0.25) is 5.91 Å². The third-order valence-electron chi connectivity index (χ3n) is 9.83. The summed E-state index contributed by atoms with van der Waals surface area (Å²) in [7, 11) is 0. The number of nitrogens with zero attached hydrogens (tertiary/aromatic N) is 3. The summed E-state index contributed by atoms with van der Waals surface area (Å²) < 4.78 is 12.4. The third-order valence-corrected chi connectivity index (χ3v) is 9.83. The van der Waals surface area contributed by atoms with Gasteiger partial charge in [0.15, 0.2) is 0 Å². The Morgan fingerprint density at radius 3 is 2.33 bits per heavy atom. The number of aliphatic hydroxyl groups excluding tert-OH is 1. The first-order valence-electron chi connectivity index (χ1n) is 15.9. The van der Waals surface area contributed by atoms with Gasteiger partial charge in [-0.15, -0.1) is 13.2 Å². The molecule has 0 aromatic heterocycles. The van der Waals surface area contributed by atoms with Crippen LogP contribution in [-0.2, 0) is 23.9 Å². The lowest BCUT2D eigenvalue weighted by atomic mass is 9.66. The van der Waals surface area contributed by atoms with Crippen molar-refractivity contribution < 1.29 is 29.0 Å². The van der Waals surface area contributed by atoms with E-state index in [2.05, 4.69) is 31.9 Å². The van der Waals surface area contributed by atoms with E-state index in [4.69, 9.17) is 9.47 Å². The molecule has 2 bridgehead atoms. The molecule has 5 rings (SSSR count). The van der Waals surface area contributed by atoms with E-state index in [1.54, 1.807) is 17.1 Å². The third kappa shape index (κ3) is 5.46. The predicted octanol–water partition coefficient (Wildman–Crippen LogP) is 4.67. The number of anilines is 2. The van der Waals surface area contributed by atoms with E-state index >= 15 is 0 Å². The van der Waals surface area contributed by atoms with Crippen LogP contribution in [0.1, 0.15) is 51.6 Å². The highest BCUT2D eigenvalue weighted by Crippen LogP contribution is 2.64. The molecule has 2 unspecified atom stereocenters. The molecule has 240 valence electrons. The largest absolute Gasteiger partial charge is 0.465 e. The average molecular weight is 616 g/mol. The molecular weight excluding hydrogens is 570 g/mol. The molecule has 45 heavy (non-hydrogen) atoms. The molecule has 0 aliphatic carbocycles. The molecule has 2 amide bonds. The predicted molar refractivity (Wildman–Crippen MR) is 174 cm³/mol. The molecule has 6 atom stereocenters. The second-order valence-corrected chi connectivity index (χ2v) is 12.3. The van der Waals surface area contributed by atoms with E-state index in [0.29, 0.717) is 30.5 Å². The number of amides is 2. The lowest BCUT2D eigenvalue weighted by Gasteiger charge is -2.39. The van der Waals surface area contributed by atoms with Gasteiger partial charge in [0.25, 0.3) is 5.91 Å². The maximum atomic E-state index is 15.0. The summed E-state index contributed by atoms with van der Waals surface area (Å²) in [4.78, 5) is 48.6. The molecule has 3 aliphatic rings. The number of likely N-dealkylation sites (tertiary alicyclic amines) is 1. The van der Waals surface area contributed by atoms with Gasteiger partial charge >= 0.3 is 5.97 Å². The van der Waals surface area contributed by atoms with Crippen LogP contribution in [0.25, 0.3) is 0 Å². The highest BCUT2D eigenvalue weighted by atomic mass is 16.6. The van der Waals surface area contributed by atoms with Crippen molar-refractivity contribution in [2.24, 2.45) is 11.8 Å². The fourth-order valence-electron chi connectivity index (χ4n) is 7.73. The van der Waals surface area contributed by atoms with Crippen molar-refractivity contribution in [3.8, 4) is 0 Å². The van der Waals surface area contributed by atoms with Crippen LogP contribution in [0.15, 0.2) is 79.9 Å². The normalized spacial score (nSPS) is 27.2. The Hall–Kier alpha value is -3.95. The molecule has 2 aromatic carbocycles. The van der Waals surface area contributed by atoms with Crippen LogP contribution in [0.2, 0.25) is 0 Å². The molecule has 1 spiro atoms. The van der Waals surface area contributed by atoms with Gasteiger partial charge < -0.3 is 29.3 Å². The number of fused-ring (bicyclic) bond motifs is 1. The summed E-state index contributed by atoms with van der Waals surface area (Å²) in [6.07, 6.45) is 4.71. The number of hydrogen-bond donors (Lipinski definition) is 1. The molecule has 3 fully saturated rings.